The first-order valence-corrected chi connectivity index (χ1v) is 14.7. The van der Waals surface area contributed by atoms with E-state index < -0.39 is 10.0 Å². The lowest BCUT2D eigenvalue weighted by Crippen LogP contribution is -2.50. The Morgan fingerprint density at radius 1 is 1.03 bits per heavy atom. The third-order valence-corrected chi connectivity index (χ3v) is 9.96. The third-order valence-electron chi connectivity index (χ3n) is 7.91. The van der Waals surface area contributed by atoms with Crippen LogP contribution < -0.4 is 0 Å². The van der Waals surface area contributed by atoms with Crippen molar-refractivity contribution >= 4 is 28.1 Å². The van der Waals surface area contributed by atoms with Crippen LogP contribution in [0.2, 0.25) is 0 Å². The van der Waals surface area contributed by atoms with Crippen LogP contribution in [-0.2, 0) is 14.8 Å². The lowest BCUT2D eigenvalue weighted by atomic mass is 9.94. The second-order valence-corrected chi connectivity index (χ2v) is 12.6. The zero-order valence-electron chi connectivity index (χ0n) is 22.7. The van der Waals surface area contributed by atoms with Crippen LogP contribution in [0.1, 0.15) is 62.1 Å². The van der Waals surface area contributed by atoms with Gasteiger partial charge in [0.25, 0.3) is 0 Å². The van der Waals surface area contributed by atoms with E-state index in [-0.39, 0.29) is 22.5 Å². The Morgan fingerprint density at radius 3 is 2.24 bits per heavy atom. The number of aromatic nitrogens is 1. The van der Waals surface area contributed by atoms with E-state index in [4.69, 9.17) is 4.52 Å². The largest absolute Gasteiger partial charge is 0.355 e. The predicted molar refractivity (Wildman–Crippen MR) is 145 cm³/mol. The van der Waals surface area contributed by atoms with Gasteiger partial charge in [0, 0.05) is 44.2 Å². The van der Waals surface area contributed by atoms with Crippen molar-refractivity contribution < 1.29 is 17.7 Å². The molecule has 0 saturated carbocycles. The number of benzene rings is 1. The fourth-order valence-corrected chi connectivity index (χ4v) is 7.01. The van der Waals surface area contributed by atoms with Crippen LogP contribution in [-0.4, -0.2) is 78.9 Å². The van der Waals surface area contributed by atoms with Gasteiger partial charge in [0.05, 0.1) is 0 Å². The van der Waals surface area contributed by atoms with Gasteiger partial charge in [0.2, 0.25) is 15.9 Å². The van der Waals surface area contributed by atoms with Gasteiger partial charge >= 0.3 is 0 Å². The molecule has 1 aromatic heterocycles. The topological polar surface area (TPSA) is 87.0 Å². The maximum atomic E-state index is 13.6. The number of rotatable bonds is 7. The summed E-state index contributed by atoms with van der Waals surface area (Å²) in [6, 6.07) is 8.94. The third kappa shape index (κ3) is 6.16. The Balaban J connectivity index is 1.38. The molecule has 0 atom stereocenters. The van der Waals surface area contributed by atoms with Gasteiger partial charge in [-0.3, -0.25) is 4.79 Å². The van der Waals surface area contributed by atoms with E-state index in [1.54, 1.807) is 13.0 Å². The van der Waals surface area contributed by atoms with E-state index in [0.29, 0.717) is 43.7 Å². The van der Waals surface area contributed by atoms with Gasteiger partial charge in [-0.2, -0.15) is 4.31 Å². The molecule has 0 bridgehead atoms. The molecule has 8 nitrogen and oxygen atoms in total. The Morgan fingerprint density at radius 2 is 1.65 bits per heavy atom. The lowest BCUT2D eigenvalue weighted by molar-refractivity contribution is -0.138. The highest BCUT2D eigenvalue weighted by Gasteiger charge is 2.37. The number of aryl methyl sites for hydroxylation is 2. The maximum Gasteiger partial charge on any atom is 0.248 e. The first-order valence-electron chi connectivity index (χ1n) is 13.3. The molecule has 0 aliphatic carbocycles. The minimum atomic E-state index is -3.79. The zero-order chi connectivity index (χ0) is 26.7. The van der Waals surface area contributed by atoms with Crippen LogP contribution >= 0.6 is 0 Å². The molecule has 0 unspecified atom stereocenters. The van der Waals surface area contributed by atoms with Crippen LogP contribution in [0.3, 0.4) is 0 Å². The number of sulfonamides is 1. The van der Waals surface area contributed by atoms with Crippen molar-refractivity contribution in [1.29, 1.82) is 0 Å². The van der Waals surface area contributed by atoms with Crippen molar-refractivity contribution in [3.8, 4) is 0 Å². The molecule has 2 aliphatic rings. The van der Waals surface area contributed by atoms with E-state index >= 15 is 0 Å². The molecule has 2 aliphatic heterocycles. The highest BCUT2D eigenvalue weighted by atomic mass is 32.2. The second kappa shape index (κ2) is 11.5. The summed E-state index contributed by atoms with van der Waals surface area (Å²) in [4.78, 5) is 17.7. The summed E-state index contributed by atoms with van der Waals surface area (Å²) in [6.07, 6.45) is 6.52. The molecule has 1 aromatic carbocycles. The average Bonchev–Trinajstić information content (AvgIpc) is 3.28. The number of likely N-dealkylation sites (tertiary alicyclic amines) is 1. The Bertz CT molecular complexity index is 1200. The van der Waals surface area contributed by atoms with Crippen molar-refractivity contribution in [2.75, 3.05) is 33.2 Å². The van der Waals surface area contributed by atoms with Crippen LogP contribution in [0, 0.1) is 19.8 Å². The summed E-state index contributed by atoms with van der Waals surface area (Å²) in [6.45, 7) is 10.2. The van der Waals surface area contributed by atoms with Gasteiger partial charge in [0.15, 0.2) is 10.7 Å². The predicted octanol–water partition coefficient (Wildman–Crippen LogP) is 4.19. The Labute approximate surface area is 221 Å². The molecule has 1 amide bonds. The normalized spacial score (nSPS) is 18.9. The molecule has 202 valence electrons. The number of amides is 1. The highest BCUT2D eigenvalue weighted by molar-refractivity contribution is 7.89. The van der Waals surface area contributed by atoms with E-state index in [2.05, 4.69) is 31.0 Å². The molecular formula is C28H40N4O4S. The number of hydrogen-bond acceptors (Lipinski definition) is 6. The summed E-state index contributed by atoms with van der Waals surface area (Å²) >= 11 is 0. The van der Waals surface area contributed by atoms with Gasteiger partial charge in [-0.1, -0.05) is 41.1 Å². The second-order valence-electron chi connectivity index (χ2n) is 10.7. The molecule has 2 aromatic rings. The molecule has 3 heterocycles. The van der Waals surface area contributed by atoms with E-state index in [1.165, 1.54) is 4.31 Å². The van der Waals surface area contributed by atoms with Gasteiger partial charge in [0.1, 0.15) is 5.69 Å². The van der Waals surface area contributed by atoms with Gasteiger partial charge < -0.3 is 14.3 Å². The van der Waals surface area contributed by atoms with E-state index in [9.17, 15) is 13.2 Å². The van der Waals surface area contributed by atoms with Gasteiger partial charge in [-0.05, 0) is 72.1 Å². The summed E-state index contributed by atoms with van der Waals surface area (Å²) in [5.74, 6) is 0.270. The van der Waals surface area contributed by atoms with Gasteiger partial charge in [-0.25, -0.2) is 8.42 Å². The Hall–Kier alpha value is -2.49. The van der Waals surface area contributed by atoms with Crippen LogP contribution in [0.4, 0.5) is 0 Å². The summed E-state index contributed by atoms with van der Waals surface area (Å²) < 4.78 is 34.0. The molecule has 0 radical (unpaired) electrons. The first-order chi connectivity index (χ1) is 17.6. The van der Waals surface area contributed by atoms with Gasteiger partial charge in [-0.15, -0.1) is 0 Å². The molecule has 2 saturated heterocycles. The van der Waals surface area contributed by atoms with Crippen LogP contribution in [0.25, 0.3) is 12.2 Å². The molecule has 4 rings (SSSR count). The minimum absolute atomic E-state index is 0.108. The minimum Gasteiger partial charge on any atom is -0.355 e. The molecule has 0 spiro atoms. The van der Waals surface area contributed by atoms with Crippen molar-refractivity contribution in [1.82, 2.24) is 19.3 Å². The highest BCUT2D eigenvalue weighted by Crippen LogP contribution is 2.30. The van der Waals surface area contributed by atoms with E-state index in [1.807, 2.05) is 42.2 Å². The standard InChI is InChI=1S/C28H40N4O4S/c1-20(2)30(5)25-14-16-31(17-15-25)28(33)24-12-18-32(19-13-24)37(34,35)27-22(4)29-36-26(27)11-10-23-8-6-21(3)7-9-23/h6-11,20,24-25H,12-19H2,1-5H3/b11-10+. The molecule has 0 N–H and O–H groups in total. The molecule has 37 heavy (non-hydrogen) atoms. The number of carbonyl (C=O) groups excluding carboxylic acids is 1. The number of hydrogen-bond donors (Lipinski definition) is 0. The Kier molecular flexibility index (Phi) is 8.56. The molecular weight excluding hydrogens is 488 g/mol. The number of nitrogens with zero attached hydrogens (tertiary/aromatic N) is 4. The van der Waals surface area contributed by atoms with E-state index in [0.717, 1.165) is 37.1 Å². The molecule has 9 heteroatoms. The summed E-state index contributed by atoms with van der Waals surface area (Å²) in [5.41, 5.74) is 2.44. The molecule has 2 fully saturated rings. The van der Waals surface area contributed by atoms with Crippen LogP contribution in [0.5, 0.6) is 0 Å². The zero-order valence-corrected chi connectivity index (χ0v) is 23.5. The lowest BCUT2D eigenvalue weighted by Gasteiger charge is -2.40. The average molecular weight is 529 g/mol. The number of piperidine rings is 2. The summed E-state index contributed by atoms with van der Waals surface area (Å²) in [7, 11) is -1.64. The van der Waals surface area contributed by atoms with Crippen LogP contribution in [0.15, 0.2) is 33.7 Å². The fraction of sp³-hybridized carbons (Fsp3) is 0.571. The summed E-state index contributed by atoms with van der Waals surface area (Å²) in [5, 5.41) is 3.94. The van der Waals surface area contributed by atoms with Crippen molar-refractivity contribution in [2.24, 2.45) is 5.92 Å². The quantitative estimate of drug-likeness (QED) is 0.536. The van der Waals surface area contributed by atoms with Crippen molar-refractivity contribution in [3.05, 3.63) is 46.8 Å². The SMILES string of the molecule is Cc1ccc(/C=C/c2onc(C)c2S(=O)(=O)N2CCC(C(=O)N3CCC(N(C)C(C)C)CC3)CC2)cc1. The first kappa shape index (κ1) is 27.5. The monoisotopic (exact) mass is 528 g/mol. The van der Waals surface area contributed by atoms with Crippen molar-refractivity contribution in [2.45, 2.75) is 70.4 Å². The number of carbonyl (C=O) groups is 1. The maximum absolute atomic E-state index is 13.6. The van der Waals surface area contributed by atoms with Crippen molar-refractivity contribution in [3.63, 3.8) is 0 Å². The smallest absolute Gasteiger partial charge is 0.248 e. The fourth-order valence-electron chi connectivity index (χ4n) is 5.29.